The molecule has 2 heterocycles. The second-order valence-corrected chi connectivity index (χ2v) is 9.55. The molecule has 0 aromatic carbocycles. The van der Waals surface area contributed by atoms with E-state index in [-0.39, 0.29) is 0 Å². The van der Waals surface area contributed by atoms with Crippen molar-refractivity contribution in [3.05, 3.63) is 0 Å². The van der Waals surface area contributed by atoms with Crippen LogP contribution in [0.5, 0.6) is 0 Å². The maximum absolute atomic E-state index is 12.2. The van der Waals surface area contributed by atoms with Gasteiger partial charge in [0, 0.05) is 41.5 Å². The largest absolute Gasteiger partial charge is 0.462 e. The smallest absolute Gasteiger partial charge is 0.303 e. The van der Waals surface area contributed by atoms with Crippen LogP contribution in [0.4, 0.5) is 0 Å². The van der Waals surface area contributed by atoms with Gasteiger partial charge in [-0.15, -0.1) is 0 Å². The van der Waals surface area contributed by atoms with Gasteiger partial charge in [-0.25, -0.2) is 0 Å². The summed E-state index contributed by atoms with van der Waals surface area (Å²) in [6.45, 7) is 4.55. The Balaban J connectivity index is 2.69. The molecule has 3 N–H and O–H groups in total. The van der Waals surface area contributed by atoms with Gasteiger partial charge < -0.3 is 58.0 Å². The summed E-state index contributed by atoms with van der Waals surface area (Å²) in [7, 11) is 0. The molecule has 2 fully saturated rings. The van der Waals surface area contributed by atoms with Gasteiger partial charge in [0.1, 0.15) is 31.0 Å². The Labute approximate surface area is 245 Å². The van der Waals surface area contributed by atoms with Crippen LogP contribution in [0.3, 0.4) is 0 Å². The zero-order valence-corrected chi connectivity index (χ0v) is 24.2. The van der Waals surface area contributed by atoms with E-state index in [0.29, 0.717) is 0 Å². The zero-order valence-electron chi connectivity index (χ0n) is 24.2. The van der Waals surface area contributed by atoms with Crippen LogP contribution < -0.4 is 0 Å². The molecule has 0 aromatic heterocycles. The Kier molecular flexibility index (Phi) is 13.2. The van der Waals surface area contributed by atoms with Gasteiger partial charge in [0.15, 0.2) is 43.1 Å². The van der Waals surface area contributed by atoms with E-state index >= 15 is 0 Å². The summed E-state index contributed by atoms with van der Waals surface area (Å²) in [6.07, 6.45) is -19.0. The van der Waals surface area contributed by atoms with Crippen molar-refractivity contribution in [2.75, 3.05) is 13.2 Å². The summed E-state index contributed by atoms with van der Waals surface area (Å²) in [5.41, 5.74) is 0. The van der Waals surface area contributed by atoms with E-state index in [9.17, 15) is 44.1 Å². The Morgan fingerprint density at radius 1 is 0.651 bits per heavy atom. The molecule has 2 aliphatic heterocycles. The van der Waals surface area contributed by atoms with Crippen LogP contribution in [0.1, 0.15) is 41.5 Å². The van der Waals surface area contributed by atoms with Crippen molar-refractivity contribution in [3.8, 4) is 0 Å². The highest BCUT2D eigenvalue weighted by Gasteiger charge is 2.58. The van der Waals surface area contributed by atoms with Gasteiger partial charge in [-0.2, -0.15) is 0 Å². The Morgan fingerprint density at radius 2 is 1.16 bits per heavy atom. The molecule has 0 spiro atoms. The van der Waals surface area contributed by atoms with Crippen LogP contribution in [0, 0.1) is 0 Å². The molecule has 2 aliphatic rings. The first-order valence-electron chi connectivity index (χ1n) is 13.0. The van der Waals surface area contributed by atoms with E-state index in [4.69, 9.17) is 42.6 Å². The summed E-state index contributed by atoms with van der Waals surface area (Å²) >= 11 is 0. The fourth-order valence-corrected chi connectivity index (χ4v) is 4.51. The van der Waals surface area contributed by atoms with Crippen molar-refractivity contribution < 1.29 is 86.7 Å². The molecule has 18 heteroatoms. The molecule has 0 aromatic rings. The third kappa shape index (κ3) is 10.1. The average Bonchev–Trinajstić information content (AvgIpc) is 2.87. The lowest BCUT2D eigenvalue weighted by molar-refractivity contribution is -0.361. The first-order valence-corrected chi connectivity index (χ1v) is 13.0. The first-order chi connectivity index (χ1) is 20.0. The molecule has 18 nitrogen and oxygen atoms in total. The van der Waals surface area contributed by atoms with Gasteiger partial charge in [0.2, 0.25) is 0 Å². The lowest BCUT2D eigenvalue weighted by Gasteiger charge is -2.48. The lowest BCUT2D eigenvalue weighted by Crippen LogP contribution is -2.68. The maximum atomic E-state index is 12.2. The van der Waals surface area contributed by atoms with E-state index in [2.05, 4.69) is 0 Å². The van der Waals surface area contributed by atoms with Gasteiger partial charge >= 0.3 is 35.8 Å². The number of esters is 6. The van der Waals surface area contributed by atoms with Gasteiger partial charge in [-0.05, 0) is 0 Å². The van der Waals surface area contributed by atoms with Crippen LogP contribution in [0.25, 0.3) is 0 Å². The summed E-state index contributed by atoms with van der Waals surface area (Å²) < 4.78 is 48.3. The van der Waals surface area contributed by atoms with E-state index in [1.807, 2.05) is 0 Å². The van der Waals surface area contributed by atoms with E-state index in [1.54, 1.807) is 0 Å². The number of aliphatic hydroxyl groups is 3. The SMILES string of the molecule is CC(=O)OC[C@H](OC(C)=O)[C@H]1O[C@H](O[C@H]2[C@H](O)[C@@H](CO)O[C@H](O)[C@H]2OC(C)=O)[C@@H](OC(C)=O)[C@@H](OC(C)=O)[C@@H]1OC(C)=O. The van der Waals surface area contributed by atoms with Crippen LogP contribution >= 0.6 is 0 Å². The van der Waals surface area contributed by atoms with E-state index < -0.39 is 117 Å². The normalized spacial score (nSPS) is 32.9. The summed E-state index contributed by atoms with van der Waals surface area (Å²) in [5.74, 6) is -5.48. The molecule has 0 radical (unpaired) electrons. The highest BCUT2D eigenvalue weighted by Crippen LogP contribution is 2.35. The number of carbonyl (C=O) groups is 6. The van der Waals surface area contributed by atoms with Crippen LogP contribution in [0.2, 0.25) is 0 Å². The molecule has 0 saturated carbocycles. The van der Waals surface area contributed by atoms with Crippen molar-refractivity contribution >= 4 is 35.8 Å². The fourth-order valence-electron chi connectivity index (χ4n) is 4.51. The molecule has 11 atom stereocenters. The highest BCUT2D eigenvalue weighted by atomic mass is 16.8. The third-order valence-electron chi connectivity index (χ3n) is 5.98. The number of ether oxygens (including phenoxy) is 9. The van der Waals surface area contributed by atoms with Gasteiger partial charge in [-0.1, -0.05) is 0 Å². The number of hydrogen-bond donors (Lipinski definition) is 3. The molecule has 0 amide bonds. The van der Waals surface area contributed by atoms with Gasteiger partial charge in [-0.3, -0.25) is 28.8 Å². The Morgan fingerprint density at radius 3 is 1.65 bits per heavy atom. The zero-order chi connectivity index (χ0) is 32.6. The molecule has 244 valence electrons. The lowest BCUT2D eigenvalue weighted by atomic mass is 9.93. The summed E-state index contributed by atoms with van der Waals surface area (Å²) in [6, 6.07) is 0. The number of carbonyl (C=O) groups excluding carboxylic acids is 6. The summed E-state index contributed by atoms with van der Waals surface area (Å²) in [4.78, 5) is 71.8. The standard InChI is InChI=1S/C25H36O18/c1-9(27)35-8-16(36-10(2)28)18-20(37-11(3)29)21(38-12(4)30)23(40-14(6)32)25(42-18)43-19-17(33)15(7-26)41-24(34)22(19)39-13(5)31/h15-26,33-34H,7-8H2,1-6H3/t15-,16+,17-,18-,19+,20-,21+,22+,23+,24+,25-/m1/s1. The van der Waals surface area contributed by atoms with Crippen LogP contribution in [0.15, 0.2) is 0 Å². The van der Waals surface area contributed by atoms with E-state index in [0.717, 1.165) is 41.5 Å². The first kappa shape index (κ1) is 35.8. The van der Waals surface area contributed by atoms with Gasteiger partial charge in [0.05, 0.1) is 6.61 Å². The third-order valence-corrected chi connectivity index (χ3v) is 5.98. The number of rotatable bonds is 11. The van der Waals surface area contributed by atoms with Crippen molar-refractivity contribution in [2.24, 2.45) is 0 Å². The maximum Gasteiger partial charge on any atom is 0.303 e. The Bertz CT molecular complexity index is 1030. The summed E-state index contributed by atoms with van der Waals surface area (Å²) in [5, 5.41) is 31.0. The monoisotopic (exact) mass is 624 g/mol. The van der Waals surface area contributed by atoms with Crippen molar-refractivity contribution in [3.63, 3.8) is 0 Å². The Hall–Kier alpha value is -3.42. The minimum atomic E-state index is -1.93. The molecule has 2 rings (SSSR count). The number of aliphatic hydroxyl groups excluding tert-OH is 3. The molecule has 0 aliphatic carbocycles. The molecule has 43 heavy (non-hydrogen) atoms. The second kappa shape index (κ2) is 15.9. The molecular formula is C25H36O18. The van der Waals surface area contributed by atoms with Crippen LogP contribution in [-0.4, -0.2) is 132 Å². The fraction of sp³-hybridized carbons (Fsp3) is 0.760. The van der Waals surface area contributed by atoms with Crippen molar-refractivity contribution in [1.29, 1.82) is 0 Å². The predicted molar refractivity (Wildman–Crippen MR) is 132 cm³/mol. The quantitative estimate of drug-likeness (QED) is 0.157. The number of hydrogen-bond acceptors (Lipinski definition) is 18. The molecule has 2 saturated heterocycles. The molecule has 0 unspecified atom stereocenters. The van der Waals surface area contributed by atoms with E-state index in [1.165, 1.54) is 0 Å². The minimum Gasteiger partial charge on any atom is -0.462 e. The van der Waals surface area contributed by atoms with Crippen molar-refractivity contribution in [2.45, 2.75) is 109 Å². The minimum absolute atomic E-state index is 0.656. The predicted octanol–water partition coefficient (Wildman–Crippen LogP) is -2.61. The highest BCUT2D eigenvalue weighted by molar-refractivity contribution is 5.69. The van der Waals surface area contributed by atoms with Crippen molar-refractivity contribution in [1.82, 2.24) is 0 Å². The molecular weight excluding hydrogens is 588 g/mol. The molecule has 0 bridgehead atoms. The van der Waals surface area contributed by atoms with Crippen LogP contribution in [-0.2, 0) is 71.4 Å². The second-order valence-electron chi connectivity index (χ2n) is 9.55. The average molecular weight is 625 g/mol. The van der Waals surface area contributed by atoms with Gasteiger partial charge in [0.25, 0.3) is 0 Å². The topological polar surface area (TPSA) is 246 Å².